The number of azo groups is 3. The second-order valence-corrected chi connectivity index (χ2v) is 20.6. The molecule has 0 aliphatic heterocycles. The molecular formula is C37H31N9O16S5. The molecule has 5 aromatic carbocycles. The molecule has 0 atom stereocenters. The number of aliphatic hydroxyl groups is 1. The zero-order chi connectivity index (χ0) is 48.6. The molecule has 30 heteroatoms. The summed E-state index contributed by atoms with van der Waals surface area (Å²) >= 11 is 0.766. The van der Waals surface area contributed by atoms with Crippen LogP contribution < -0.4 is 4.74 Å². The maximum absolute atomic E-state index is 12.7. The first-order valence-corrected chi connectivity index (χ1v) is 25.3. The minimum atomic E-state index is -5.09. The smallest absolute Gasteiger partial charge is 0.297 e. The van der Waals surface area contributed by atoms with E-state index < -0.39 is 84.8 Å². The molecule has 0 saturated heterocycles. The minimum absolute atomic E-state index is 0.00759. The fraction of sp³-hybridized carbons (Fsp3) is 0.135. The Morgan fingerprint density at radius 3 is 1.96 bits per heavy atom. The molecule has 0 spiro atoms. The number of phenols is 1. The first kappa shape index (κ1) is 48.2. The Balaban J connectivity index is 1.20. The molecule has 2 heterocycles. The van der Waals surface area contributed by atoms with Crippen LogP contribution in [-0.2, 0) is 47.1 Å². The Bertz CT molecular complexity index is 3670. The predicted molar refractivity (Wildman–Crippen MR) is 236 cm³/mol. The summed E-state index contributed by atoms with van der Waals surface area (Å²) in [6.07, 6.45) is 0.884. The summed E-state index contributed by atoms with van der Waals surface area (Å²) < 4.78 is 140. The van der Waals surface area contributed by atoms with Gasteiger partial charge in [-0.25, -0.2) is 4.98 Å². The molecule has 0 fully saturated rings. The average molecular weight is 1020 g/mol. The molecule has 0 radical (unpaired) electrons. The summed E-state index contributed by atoms with van der Waals surface area (Å²) in [5, 5.41) is 59.5. The van der Waals surface area contributed by atoms with Gasteiger partial charge in [0.05, 0.1) is 51.7 Å². The second kappa shape index (κ2) is 18.5. The number of ether oxygens (including phenoxy) is 1. The van der Waals surface area contributed by atoms with Gasteiger partial charge in [-0.2, -0.15) is 43.5 Å². The van der Waals surface area contributed by atoms with Gasteiger partial charge in [-0.3, -0.25) is 18.2 Å². The Morgan fingerprint density at radius 2 is 1.30 bits per heavy atom. The van der Waals surface area contributed by atoms with Crippen molar-refractivity contribution < 1.29 is 71.9 Å². The Labute approximate surface area is 382 Å². The molecule has 0 amide bonds. The van der Waals surface area contributed by atoms with Gasteiger partial charge >= 0.3 is 0 Å². The van der Waals surface area contributed by atoms with Gasteiger partial charge in [-0.05, 0) is 73.5 Å². The molecule has 67 heavy (non-hydrogen) atoms. The van der Waals surface area contributed by atoms with E-state index in [1.165, 1.54) is 48.5 Å². The molecule has 25 nitrogen and oxygen atoms in total. The molecule has 0 aliphatic carbocycles. The lowest BCUT2D eigenvalue weighted by Gasteiger charge is -2.11. The number of hydrogen-bond donors (Lipinski definition) is 7. The quantitative estimate of drug-likeness (QED) is 0.0280. The van der Waals surface area contributed by atoms with Crippen molar-refractivity contribution in [1.82, 2.24) is 14.8 Å². The van der Waals surface area contributed by atoms with E-state index in [-0.39, 0.29) is 78.9 Å². The van der Waals surface area contributed by atoms with E-state index in [1.807, 2.05) is 0 Å². The summed E-state index contributed by atoms with van der Waals surface area (Å²) in [5.74, 6) is -1.90. The van der Waals surface area contributed by atoms with Crippen LogP contribution in [0, 0.1) is 6.92 Å². The van der Waals surface area contributed by atoms with E-state index in [9.17, 15) is 67.2 Å². The summed E-state index contributed by atoms with van der Waals surface area (Å²) in [5.41, 5.74) is -0.127. The molecule has 0 unspecified atom stereocenters. The highest BCUT2D eigenvalue weighted by Gasteiger charge is 2.24. The number of phenolic OH excluding ortho intramolecular Hbond substituents is 1. The van der Waals surface area contributed by atoms with Gasteiger partial charge in [-0.15, -0.1) is 30.7 Å². The van der Waals surface area contributed by atoms with Gasteiger partial charge in [0.15, 0.2) is 11.4 Å². The van der Waals surface area contributed by atoms with Crippen LogP contribution in [0.25, 0.3) is 26.7 Å². The number of nitrogens with zero attached hydrogens (tertiary/aromatic N) is 9. The van der Waals surface area contributed by atoms with Gasteiger partial charge < -0.3 is 20.1 Å². The van der Waals surface area contributed by atoms with Gasteiger partial charge in [-0.1, -0.05) is 23.5 Å². The zero-order valence-electron chi connectivity index (χ0n) is 33.7. The highest BCUT2D eigenvalue weighted by Crippen LogP contribution is 2.44. The lowest BCUT2D eigenvalue weighted by Crippen LogP contribution is -2.08. The Kier molecular flexibility index (Phi) is 13.3. The Morgan fingerprint density at radius 1 is 0.672 bits per heavy atom. The van der Waals surface area contributed by atoms with Crippen molar-refractivity contribution in [2.24, 2.45) is 30.7 Å². The number of benzene rings is 5. The summed E-state index contributed by atoms with van der Waals surface area (Å²) in [7, 11) is -18.7. The number of rotatable bonds is 16. The number of aliphatic hydroxyl groups excluding tert-OH is 1. The number of thiazole rings is 1. The van der Waals surface area contributed by atoms with Crippen molar-refractivity contribution in [3.63, 3.8) is 0 Å². The molecule has 350 valence electrons. The van der Waals surface area contributed by atoms with E-state index in [1.54, 1.807) is 6.92 Å². The standard InChI is InChI=1S/C37H31N9O16S5/c1-19-15-29(31(62-13-2-14-64(50,51)52)16-28(19)42-45-37-39-26-10-3-20(18-47)34(33(26)63-37)66(56,57)58)43-40-25-11-9-24-23(32(25)48)8-12-27(35(24)67(59,60)61)41-44-30-17-38-46(36(30)49)21-4-6-22(7-5-21)65(53,54)55/h3-12,15-17,47-49H,2,13-14,18H2,1H3,(H,50,51,52)(H,53,54,55)(H,56,57,58)(H,59,60,61). The molecule has 0 bridgehead atoms. The zero-order valence-corrected chi connectivity index (χ0v) is 37.8. The normalized spacial score (nSPS) is 13.0. The molecule has 7 N–H and O–H groups in total. The van der Waals surface area contributed by atoms with Crippen molar-refractivity contribution in [1.29, 1.82) is 0 Å². The third-order valence-corrected chi connectivity index (χ3v) is 14.0. The largest absolute Gasteiger partial charge is 0.505 e. The fourth-order valence-corrected chi connectivity index (χ4v) is 10.2. The van der Waals surface area contributed by atoms with Crippen LogP contribution in [0.3, 0.4) is 0 Å². The van der Waals surface area contributed by atoms with E-state index in [0.717, 1.165) is 46.5 Å². The monoisotopic (exact) mass is 1020 g/mol. The van der Waals surface area contributed by atoms with Crippen LogP contribution in [0.4, 0.5) is 33.6 Å². The highest BCUT2D eigenvalue weighted by atomic mass is 32.2. The van der Waals surface area contributed by atoms with E-state index in [4.69, 9.17) is 4.74 Å². The number of hydrogen-bond acceptors (Lipinski definition) is 21. The van der Waals surface area contributed by atoms with Crippen molar-refractivity contribution in [3.8, 4) is 23.1 Å². The van der Waals surface area contributed by atoms with Gasteiger partial charge in [0.1, 0.15) is 32.6 Å². The topological polar surface area (TPSA) is 392 Å². The number of aromatic hydroxyl groups is 2. The van der Waals surface area contributed by atoms with Crippen LogP contribution in [-0.4, -0.2) is 94.3 Å². The third kappa shape index (κ3) is 10.8. The predicted octanol–water partition coefficient (Wildman–Crippen LogP) is 7.49. The van der Waals surface area contributed by atoms with Gasteiger partial charge in [0.2, 0.25) is 11.0 Å². The number of aryl methyl sites for hydroxylation is 1. The number of aromatic nitrogens is 3. The molecule has 2 aromatic heterocycles. The first-order valence-electron chi connectivity index (χ1n) is 18.5. The van der Waals surface area contributed by atoms with Crippen LogP contribution in [0.5, 0.6) is 17.4 Å². The summed E-state index contributed by atoms with van der Waals surface area (Å²) in [6.45, 7) is 0.648. The van der Waals surface area contributed by atoms with Gasteiger partial charge in [0.25, 0.3) is 40.5 Å². The minimum Gasteiger partial charge on any atom is -0.505 e. The maximum atomic E-state index is 12.7. The Hall–Kier alpha value is -6.74. The van der Waals surface area contributed by atoms with Crippen LogP contribution in [0.2, 0.25) is 0 Å². The third-order valence-electron chi connectivity index (χ3n) is 9.31. The van der Waals surface area contributed by atoms with Gasteiger partial charge in [0, 0.05) is 22.4 Å². The lowest BCUT2D eigenvalue weighted by molar-refractivity contribution is 0.278. The van der Waals surface area contributed by atoms with Crippen molar-refractivity contribution >= 4 is 106 Å². The van der Waals surface area contributed by atoms with Crippen molar-refractivity contribution in [2.75, 3.05) is 12.4 Å². The van der Waals surface area contributed by atoms with Crippen molar-refractivity contribution in [3.05, 3.63) is 90.1 Å². The first-order chi connectivity index (χ1) is 31.4. The molecule has 7 rings (SSSR count). The van der Waals surface area contributed by atoms with Crippen molar-refractivity contribution in [2.45, 2.75) is 34.6 Å². The van der Waals surface area contributed by atoms with E-state index in [2.05, 4.69) is 40.8 Å². The highest BCUT2D eigenvalue weighted by molar-refractivity contribution is 7.86. The summed E-state index contributed by atoms with van der Waals surface area (Å²) in [6, 6.07) is 14.7. The summed E-state index contributed by atoms with van der Waals surface area (Å²) in [4.78, 5) is 2.50. The second-order valence-electron chi connectivity index (χ2n) is 13.9. The lowest BCUT2D eigenvalue weighted by atomic mass is 10.1. The number of fused-ring (bicyclic) bond motifs is 2. The average Bonchev–Trinajstić information content (AvgIpc) is 3.84. The van der Waals surface area contributed by atoms with Crippen LogP contribution >= 0.6 is 11.3 Å². The molecular weight excluding hydrogens is 987 g/mol. The van der Waals surface area contributed by atoms with Crippen LogP contribution in [0.15, 0.2) is 124 Å². The van der Waals surface area contributed by atoms with E-state index in [0.29, 0.717) is 5.56 Å². The van der Waals surface area contributed by atoms with Crippen LogP contribution in [0.1, 0.15) is 17.5 Å². The van der Waals surface area contributed by atoms with E-state index >= 15 is 0 Å². The SMILES string of the molecule is Cc1cc(N=Nc2ccc3c(S(=O)(=O)O)c(N=Nc4cnn(-c5ccc(S(=O)(=O)O)cc5)c4O)ccc3c2O)c(OCCCS(=O)(=O)O)cc1N=Nc1nc2ccc(CO)c(S(=O)(=O)O)c2s1. The maximum Gasteiger partial charge on any atom is 0.297 e. The molecule has 0 saturated carbocycles. The molecule has 7 aromatic rings. The molecule has 0 aliphatic rings. The fourth-order valence-electron chi connectivity index (χ4n) is 6.27.